The van der Waals surface area contributed by atoms with Crippen molar-refractivity contribution in [3.8, 4) is 0 Å². The van der Waals surface area contributed by atoms with Gasteiger partial charge in [0.25, 0.3) is 0 Å². The minimum absolute atomic E-state index is 0.0663. The van der Waals surface area contributed by atoms with Crippen LogP contribution in [0.25, 0.3) is 0 Å². The number of hydrogen-bond donors (Lipinski definition) is 1. The molecule has 0 atom stereocenters. The molecule has 0 aromatic carbocycles. The van der Waals surface area contributed by atoms with Crippen molar-refractivity contribution in [1.82, 2.24) is 9.78 Å². The predicted molar refractivity (Wildman–Crippen MR) is 61.1 cm³/mol. The van der Waals surface area contributed by atoms with Crippen LogP contribution >= 0.6 is 0 Å². The zero-order valence-electron chi connectivity index (χ0n) is 9.92. The van der Waals surface area contributed by atoms with Gasteiger partial charge in [-0.3, -0.25) is 4.68 Å². The topological polar surface area (TPSA) is 43.8 Å². The fourth-order valence-corrected chi connectivity index (χ4v) is 2.85. The number of alkyl halides is 2. The Morgan fingerprint density at radius 1 is 1.29 bits per heavy atom. The highest BCUT2D eigenvalue weighted by atomic mass is 19.3. The summed E-state index contributed by atoms with van der Waals surface area (Å²) in [7, 11) is 1.79. The van der Waals surface area contributed by atoms with Gasteiger partial charge in [0, 0.05) is 31.4 Å². The number of nitrogens with two attached hydrogens (primary N) is 1. The van der Waals surface area contributed by atoms with Crippen LogP contribution in [0.15, 0.2) is 0 Å². The van der Waals surface area contributed by atoms with Gasteiger partial charge in [-0.15, -0.1) is 0 Å². The molecule has 17 heavy (non-hydrogen) atoms. The number of hydrogen-bond acceptors (Lipinski definition) is 2. The Bertz CT molecular complexity index is 441. The molecule has 2 N–H and O–H groups in total. The van der Waals surface area contributed by atoms with E-state index in [2.05, 4.69) is 5.10 Å². The monoisotopic (exact) mass is 241 g/mol. The van der Waals surface area contributed by atoms with Crippen LogP contribution in [0.5, 0.6) is 0 Å². The fraction of sp³-hybridized carbons (Fsp3) is 0.750. The van der Waals surface area contributed by atoms with Gasteiger partial charge in [0.15, 0.2) is 0 Å². The standard InChI is InChI=1S/C12H17F2N3/c1-17-11(15)9(7-3-2-4-7)10(16-17)8-5-12(13,14)6-8/h7-8H,2-6,15H2,1H3. The molecular formula is C12H17F2N3. The molecule has 3 nitrogen and oxygen atoms in total. The second-order valence-electron chi connectivity index (χ2n) is 5.40. The molecule has 1 heterocycles. The molecule has 2 aliphatic carbocycles. The first-order valence-corrected chi connectivity index (χ1v) is 6.18. The van der Waals surface area contributed by atoms with Crippen LogP contribution in [0.2, 0.25) is 0 Å². The molecule has 0 aliphatic heterocycles. The van der Waals surface area contributed by atoms with Gasteiger partial charge in [0.05, 0.1) is 5.69 Å². The van der Waals surface area contributed by atoms with Gasteiger partial charge in [0.2, 0.25) is 5.92 Å². The number of anilines is 1. The molecule has 2 fully saturated rings. The van der Waals surface area contributed by atoms with Gasteiger partial charge >= 0.3 is 0 Å². The lowest BCUT2D eigenvalue weighted by Gasteiger charge is -2.36. The maximum Gasteiger partial charge on any atom is 0.249 e. The second-order valence-corrected chi connectivity index (χ2v) is 5.40. The largest absolute Gasteiger partial charge is 0.384 e. The smallest absolute Gasteiger partial charge is 0.249 e. The molecule has 1 aromatic heterocycles. The highest BCUT2D eigenvalue weighted by molar-refractivity contribution is 5.48. The normalized spacial score (nSPS) is 24.4. The zero-order valence-corrected chi connectivity index (χ0v) is 9.92. The zero-order chi connectivity index (χ0) is 12.2. The third kappa shape index (κ3) is 1.63. The first-order valence-electron chi connectivity index (χ1n) is 6.18. The molecule has 1 aromatic rings. The summed E-state index contributed by atoms with van der Waals surface area (Å²) in [6.07, 6.45) is 3.31. The van der Waals surface area contributed by atoms with Crippen molar-refractivity contribution < 1.29 is 8.78 Å². The Kier molecular flexibility index (Phi) is 2.22. The van der Waals surface area contributed by atoms with E-state index in [1.807, 2.05) is 0 Å². The third-order valence-electron chi connectivity index (χ3n) is 4.15. The van der Waals surface area contributed by atoms with E-state index < -0.39 is 5.92 Å². The van der Waals surface area contributed by atoms with Crippen molar-refractivity contribution in [3.05, 3.63) is 11.3 Å². The molecule has 2 aliphatic rings. The summed E-state index contributed by atoms with van der Waals surface area (Å²) in [4.78, 5) is 0. The lowest BCUT2D eigenvalue weighted by molar-refractivity contribution is -0.0879. The van der Waals surface area contributed by atoms with Gasteiger partial charge in [-0.05, 0) is 18.8 Å². The van der Waals surface area contributed by atoms with E-state index >= 15 is 0 Å². The number of rotatable bonds is 2. The van der Waals surface area contributed by atoms with Crippen molar-refractivity contribution in [2.75, 3.05) is 5.73 Å². The minimum atomic E-state index is -2.49. The van der Waals surface area contributed by atoms with Crippen LogP contribution < -0.4 is 5.73 Å². The summed E-state index contributed by atoms with van der Waals surface area (Å²) < 4.78 is 27.5. The van der Waals surface area contributed by atoms with E-state index in [0.29, 0.717) is 11.7 Å². The van der Waals surface area contributed by atoms with Gasteiger partial charge in [-0.1, -0.05) is 6.42 Å². The van der Waals surface area contributed by atoms with E-state index in [1.54, 1.807) is 11.7 Å². The minimum Gasteiger partial charge on any atom is -0.384 e. The fourth-order valence-electron chi connectivity index (χ4n) is 2.85. The Labute approximate surface area is 99.0 Å². The lowest BCUT2D eigenvalue weighted by Crippen LogP contribution is -2.34. The van der Waals surface area contributed by atoms with Gasteiger partial charge in [-0.25, -0.2) is 8.78 Å². The highest BCUT2D eigenvalue weighted by Crippen LogP contribution is 2.52. The number of aromatic nitrogens is 2. The number of aryl methyl sites for hydroxylation is 1. The number of halogens is 2. The molecule has 0 radical (unpaired) electrons. The van der Waals surface area contributed by atoms with E-state index in [9.17, 15) is 8.78 Å². The maximum absolute atomic E-state index is 12.9. The van der Waals surface area contributed by atoms with Gasteiger partial charge < -0.3 is 5.73 Å². The Hall–Kier alpha value is -1.13. The summed E-state index contributed by atoms with van der Waals surface area (Å²) in [6.45, 7) is 0. The van der Waals surface area contributed by atoms with Crippen LogP contribution in [0, 0.1) is 0 Å². The predicted octanol–water partition coefficient (Wildman–Crippen LogP) is 2.78. The SMILES string of the molecule is Cn1nc(C2CC(F)(F)C2)c(C2CCC2)c1N. The second kappa shape index (κ2) is 3.43. The van der Waals surface area contributed by atoms with Crippen molar-refractivity contribution in [3.63, 3.8) is 0 Å². The quantitative estimate of drug-likeness (QED) is 0.865. The van der Waals surface area contributed by atoms with E-state index in [4.69, 9.17) is 5.73 Å². The Balaban J connectivity index is 1.91. The average molecular weight is 241 g/mol. The van der Waals surface area contributed by atoms with E-state index in [1.165, 1.54) is 6.42 Å². The molecule has 2 saturated carbocycles. The van der Waals surface area contributed by atoms with Crippen molar-refractivity contribution in [2.24, 2.45) is 7.05 Å². The molecule has 3 rings (SSSR count). The number of nitrogens with zero attached hydrogens (tertiary/aromatic N) is 2. The average Bonchev–Trinajstić information content (AvgIpc) is 2.40. The Morgan fingerprint density at radius 3 is 2.41 bits per heavy atom. The molecule has 0 bridgehead atoms. The van der Waals surface area contributed by atoms with E-state index in [-0.39, 0.29) is 18.8 Å². The van der Waals surface area contributed by atoms with Crippen molar-refractivity contribution in [2.45, 2.75) is 49.9 Å². The summed E-state index contributed by atoms with van der Waals surface area (Å²) >= 11 is 0. The van der Waals surface area contributed by atoms with Crippen LogP contribution in [-0.4, -0.2) is 15.7 Å². The molecule has 0 spiro atoms. The molecule has 94 valence electrons. The summed E-state index contributed by atoms with van der Waals surface area (Å²) in [6, 6.07) is 0. The molecule has 5 heteroatoms. The lowest BCUT2D eigenvalue weighted by atomic mass is 9.73. The summed E-state index contributed by atoms with van der Waals surface area (Å²) in [5.74, 6) is -1.47. The first-order chi connectivity index (χ1) is 7.98. The third-order valence-corrected chi connectivity index (χ3v) is 4.15. The summed E-state index contributed by atoms with van der Waals surface area (Å²) in [5.41, 5.74) is 7.90. The van der Waals surface area contributed by atoms with Crippen molar-refractivity contribution in [1.29, 1.82) is 0 Å². The molecule has 0 amide bonds. The molecule has 0 saturated heterocycles. The number of nitrogen functional groups attached to an aromatic ring is 1. The summed E-state index contributed by atoms with van der Waals surface area (Å²) in [5, 5.41) is 4.36. The first kappa shape index (κ1) is 11.0. The van der Waals surface area contributed by atoms with Gasteiger partial charge in [0.1, 0.15) is 5.82 Å². The van der Waals surface area contributed by atoms with Crippen LogP contribution in [0.4, 0.5) is 14.6 Å². The molecule has 0 unspecified atom stereocenters. The molecular weight excluding hydrogens is 224 g/mol. The van der Waals surface area contributed by atoms with Crippen molar-refractivity contribution >= 4 is 5.82 Å². The van der Waals surface area contributed by atoms with Gasteiger partial charge in [-0.2, -0.15) is 5.10 Å². The Morgan fingerprint density at radius 2 is 1.94 bits per heavy atom. The maximum atomic E-state index is 12.9. The van der Waals surface area contributed by atoms with Crippen LogP contribution in [-0.2, 0) is 7.05 Å². The van der Waals surface area contributed by atoms with Crippen LogP contribution in [0.1, 0.15) is 55.2 Å². The van der Waals surface area contributed by atoms with E-state index in [0.717, 1.165) is 24.1 Å². The highest BCUT2D eigenvalue weighted by Gasteiger charge is 2.48. The van der Waals surface area contributed by atoms with Crippen LogP contribution in [0.3, 0.4) is 0 Å².